The maximum atomic E-state index is 13.2. The van der Waals surface area contributed by atoms with Gasteiger partial charge in [0.25, 0.3) is 5.91 Å². The van der Waals surface area contributed by atoms with Gasteiger partial charge in [-0.25, -0.2) is 9.78 Å². The lowest BCUT2D eigenvalue weighted by molar-refractivity contribution is -0.135. The molecule has 0 spiro atoms. The maximum Gasteiger partial charge on any atom is 0.337 e. The molecule has 2 fully saturated rings. The zero-order valence-corrected chi connectivity index (χ0v) is 22.2. The Balaban J connectivity index is 1.43. The van der Waals surface area contributed by atoms with Gasteiger partial charge in [-0.1, -0.05) is 23.2 Å². The lowest BCUT2D eigenvalue weighted by Gasteiger charge is -2.40. The number of fused-ring (bicyclic) bond motifs is 2. The molecule has 1 amide bonds. The number of carbonyl (C=O) groups is 2. The Hall–Kier alpha value is -2.55. The van der Waals surface area contributed by atoms with Crippen molar-refractivity contribution in [3.05, 3.63) is 51.6 Å². The van der Waals surface area contributed by atoms with Gasteiger partial charge in [0.05, 0.1) is 16.2 Å². The van der Waals surface area contributed by atoms with Crippen molar-refractivity contribution in [2.75, 3.05) is 4.90 Å². The number of aromatic carboxylic acids is 1. The largest absolute Gasteiger partial charge is 0.478 e. The van der Waals surface area contributed by atoms with Crippen molar-refractivity contribution in [1.82, 2.24) is 10.3 Å². The van der Waals surface area contributed by atoms with Gasteiger partial charge >= 0.3 is 5.97 Å². The van der Waals surface area contributed by atoms with Crippen molar-refractivity contribution < 1.29 is 24.5 Å². The topological polar surface area (TPSA) is 112 Å². The molecule has 3 N–H and O–H groups in total. The second-order valence-corrected chi connectivity index (χ2v) is 11.4. The number of ether oxygens (including phenoxy) is 1. The molecule has 3 heterocycles. The third-order valence-corrected chi connectivity index (χ3v) is 7.53. The number of amides is 1. The number of pyridine rings is 1. The first-order valence-electron chi connectivity index (χ1n) is 12.0. The fourth-order valence-corrected chi connectivity index (χ4v) is 5.74. The van der Waals surface area contributed by atoms with Crippen LogP contribution in [-0.4, -0.2) is 50.8 Å². The number of carboxylic acid groups (broad SMARTS) is 1. The van der Waals surface area contributed by atoms with E-state index in [4.69, 9.17) is 33.0 Å². The van der Waals surface area contributed by atoms with Crippen molar-refractivity contribution in [2.45, 2.75) is 82.7 Å². The minimum atomic E-state index is -1.22. The molecule has 0 radical (unpaired) electrons. The predicted octanol–water partition coefficient (Wildman–Crippen LogP) is 4.79. The number of carboxylic acids is 1. The van der Waals surface area contributed by atoms with Gasteiger partial charge in [-0.05, 0) is 77.6 Å². The fraction of sp³-hybridized carbons (Fsp3) is 0.500. The third-order valence-electron chi connectivity index (χ3n) is 6.92. The van der Waals surface area contributed by atoms with Crippen molar-refractivity contribution in [1.29, 1.82) is 0 Å². The molecule has 8 nitrogen and oxygen atoms in total. The van der Waals surface area contributed by atoms with Gasteiger partial charge in [-0.2, -0.15) is 0 Å². The second-order valence-electron chi connectivity index (χ2n) is 10.6. The van der Waals surface area contributed by atoms with E-state index in [1.54, 1.807) is 45.9 Å². The van der Waals surface area contributed by atoms with Gasteiger partial charge in [0, 0.05) is 34.9 Å². The van der Waals surface area contributed by atoms with E-state index in [-0.39, 0.29) is 40.4 Å². The average Bonchev–Trinajstić information content (AvgIpc) is 3.05. The molecule has 2 aliphatic rings. The van der Waals surface area contributed by atoms with Crippen molar-refractivity contribution in [2.24, 2.45) is 0 Å². The number of piperidine rings is 1. The van der Waals surface area contributed by atoms with Crippen LogP contribution < -0.4 is 15.0 Å². The first-order chi connectivity index (χ1) is 16.8. The predicted molar refractivity (Wildman–Crippen MR) is 138 cm³/mol. The molecule has 2 bridgehead atoms. The Labute approximate surface area is 220 Å². The molecule has 0 unspecified atom stereocenters. The molecule has 36 heavy (non-hydrogen) atoms. The Kier molecular flexibility index (Phi) is 7.16. The van der Waals surface area contributed by atoms with Gasteiger partial charge in [0.1, 0.15) is 11.6 Å². The van der Waals surface area contributed by atoms with Crippen LogP contribution >= 0.6 is 23.2 Å². The molecule has 0 saturated carbocycles. The summed E-state index contributed by atoms with van der Waals surface area (Å²) in [4.78, 5) is 31.0. The summed E-state index contributed by atoms with van der Waals surface area (Å²) in [6.07, 6.45) is 4.87. The number of halogens is 2. The monoisotopic (exact) mass is 535 g/mol. The van der Waals surface area contributed by atoms with E-state index >= 15 is 0 Å². The van der Waals surface area contributed by atoms with Crippen LogP contribution in [0.15, 0.2) is 30.5 Å². The lowest BCUT2D eigenvalue weighted by Crippen LogP contribution is -2.55. The number of anilines is 1. The molecule has 0 aliphatic carbocycles. The van der Waals surface area contributed by atoms with Crippen LogP contribution in [0.3, 0.4) is 0 Å². The Bertz CT molecular complexity index is 1150. The van der Waals surface area contributed by atoms with Crippen LogP contribution in [0.25, 0.3) is 0 Å². The summed E-state index contributed by atoms with van der Waals surface area (Å²) in [5.41, 5.74) is -1.82. The smallest absolute Gasteiger partial charge is 0.337 e. The summed E-state index contributed by atoms with van der Waals surface area (Å²) in [6.45, 7) is 6.57. The molecule has 1 aromatic carbocycles. The highest BCUT2D eigenvalue weighted by Gasteiger charge is 2.43. The summed E-state index contributed by atoms with van der Waals surface area (Å²) >= 11 is 12.6. The number of nitrogens with one attached hydrogen (secondary N) is 1. The molecule has 2 saturated heterocycles. The third kappa shape index (κ3) is 5.41. The number of hydrogen-bond acceptors (Lipinski definition) is 6. The Morgan fingerprint density at radius 3 is 2.25 bits per heavy atom. The SMILES string of the molecule is CC(C)(Oc1cc(C(C)(C)O)c(Cl)cc1Cl)C(=O)N[C@H]1C[C@H]2CC[C@@H](C1)N2c1ccc(C(=O)O)cn1. The summed E-state index contributed by atoms with van der Waals surface area (Å²) in [5, 5.41) is 23.2. The highest BCUT2D eigenvalue weighted by molar-refractivity contribution is 6.36. The van der Waals surface area contributed by atoms with Gasteiger partial charge in [-0.3, -0.25) is 4.79 Å². The highest BCUT2D eigenvalue weighted by Crippen LogP contribution is 2.40. The van der Waals surface area contributed by atoms with Crippen LogP contribution in [0, 0.1) is 0 Å². The normalized spacial score (nSPS) is 21.9. The second kappa shape index (κ2) is 9.72. The summed E-state index contributed by atoms with van der Waals surface area (Å²) < 4.78 is 6.03. The number of aromatic nitrogens is 1. The van der Waals surface area contributed by atoms with E-state index in [0.29, 0.717) is 10.6 Å². The number of nitrogens with zero attached hydrogens (tertiary/aromatic N) is 2. The van der Waals surface area contributed by atoms with Crippen molar-refractivity contribution >= 4 is 40.9 Å². The molecule has 2 aliphatic heterocycles. The van der Waals surface area contributed by atoms with Gasteiger partial charge in [0.15, 0.2) is 5.60 Å². The lowest BCUT2D eigenvalue weighted by atomic mass is 9.96. The first-order valence-corrected chi connectivity index (χ1v) is 12.7. The van der Waals surface area contributed by atoms with Crippen LogP contribution in [0.1, 0.15) is 69.3 Å². The fourth-order valence-electron chi connectivity index (χ4n) is 5.09. The van der Waals surface area contributed by atoms with E-state index in [1.807, 2.05) is 0 Å². The van der Waals surface area contributed by atoms with Crippen molar-refractivity contribution in [3.8, 4) is 5.75 Å². The molecular weight excluding hydrogens is 505 g/mol. The maximum absolute atomic E-state index is 13.2. The summed E-state index contributed by atoms with van der Waals surface area (Å²) in [7, 11) is 0. The van der Waals surface area contributed by atoms with E-state index in [0.717, 1.165) is 31.5 Å². The van der Waals surface area contributed by atoms with Gasteiger partial charge < -0.3 is 25.2 Å². The Morgan fingerprint density at radius 1 is 1.08 bits per heavy atom. The molecule has 2 aromatic rings. The summed E-state index contributed by atoms with van der Waals surface area (Å²) in [6, 6.07) is 6.79. The van der Waals surface area contributed by atoms with Crippen LogP contribution in [0.5, 0.6) is 5.75 Å². The standard InChI is InChI=1S/C26H31Cl2N3O5/c1-25(2,35)18-11-21(20(28)12-19(18)27)36-26(3,4)24(34)30-15-9-16-6-7-17(10-15)31(16)22-8-5-14(13-29-22)23(32)33/h5,8,11-13,15-17,35H,6-7,9-10H2,1-4H3,(H,30,34)(H,32,33)/t15-,16+,17-. The van der Waals surface area contributed by atoms with Crippen LogP contribution in [-0.2, 0) is 10.4 Å². The number of carbonyl (C=O) groups excluding carboxylic acids is 1. The first kappa shape index (κ1) is 26.5. The number of rotatable bonds is 7. The van der Waals surface area contributed by atoms with Crippen LogP contribution in [0.4, 0.5) is 5.82 Å². The zero-order valence-electron chi connectivity index (χ0n) is 20.7. The van der Waals surface area contributed by atoms with E-state index < -0.39 is 17.2 Å². The number of benzene rings is 1. The van der Waals surface area contributed by atoms with E-state index in [1.165, 1.54) is 12.3 Å². The molecule has 3 atom stereocenters. The highest BCUT2D eigenvalue weighted by atomic mass is 35.5. The summed E-state index contributed by atoms with van der Waals surface area (Å²) in [5.74, 6) is -0.232. The number of hydrogen-bond donors (Lipinski definition) is 3. The van der Waals surface area contributed by atoms with Crippen LogP contribution in [0.2, 0.25) is 10.0 Å². The average molecular weight is 536 g/mol. The molecule has 1 aromatic heterocycles. The number of aliphatic hydroxyl groups is 1. The molecular formula is C26H31Cl2N3O5. The van der Waals surface area contributed by atoms with E-state index in [2.05, 4.69) is 15.2 Å². The zero-order chi connectivity index (χ0) is 26.4. The van der Waals surface area contributed by atoms with E-state index in [9.17, 15) is 14.7 Å². The minimum Gasteiger partial charge on any atom is -0.478 e. The molecule has 10 heteroatoms. The quantitative estimate of drug-likeness (QED) is 0.467. The Morgan fingerprint density at radius 2 is 1.72 bits per heavy atom. The minimum absolute atomic E-state index is 0.0277. The van der Waals surface area contributed by atoms with Crippen molar-refractivity contribution in [3.63, 3.8) is 0 Å². The molecule has 194 valence electrons. The van der Waals surface area contributed by atoms with Gasteiger partial charge in [-0.15, -0.1) is 0 Å². The van der Waals surface area contributed by atoms with Gasteiger partial charge in [0.2, 0.25) is 0 Å². The molecule has 4 rings (SSSR count).